The van der Waals surface area contributed by atoms with Gasteiger partial charge in [-0.05, 0) is 11.5 Å². The SMILES string of the molecule is CC(C)C(C)C(F)(F)C(F)(c1ccccc1)C(C)(C)C. The number of halogens is 3. The lowest BCUT2D eigenvalue weighted by molar-refractivity contribution is -0.226. The highest BCUT2D eigenvalue weighted by atomic mass is 19.3. The van der Waals surface area contributed by atoms with E-state index in [-0.39, 0.29) is 11.5 Å². The molecule has 1 aromatic rings. The van der Waals surface area contributed by atoms with Crippen molar-refractivity contribution < 1.29 is 13.2 Å². The molecule has 20 heavy (non-hydrogen) atoms. The van der Waals surface area contributed by atoms with E-state index in [1.807, 2.05) is 0 Å². The molecule has 0 radical (unpaired) electrons. The van der Waals surface area contributed by atoms with E-state index in [1.54, 1.807) is 32.0 Å². The lowest BCUT2D eigenvalue weighted by Crippen LogP contribution is -2.55. The van der Waals surface area contributed by atoms with Gasteiger partial charge in [-0.25, -0.2) is 13.2 Å². The molecule has 0 spiro atoms. The first kappa shape index (κ1) is 17.1. The molecule has 3 heteroatoms. The van der Waals surface area contributed by atoms with Crippen LogP contribution in [-0.4, -0.2) is 5.92 Å². The number of rotatable bonds is 4. The summed E-state index contributed by atoms with van der Waals surface area (Å²) >= 11 is 0. The second-order valence-electron chi connectivity index (χ2n) is 6.93. The van der Waals surface area contributed by atoms with Crippen LogP contribution in [0.5, 0.6) is 0 Å². The Morgan fingerprint density at radius 3 is 1.65 bits per heavy atom. The topological polar surface area (TPSA) is 0 Å². The first-order valence-electron chi connectivity index (χ1n) is 7.08. The van der Waals surface area contributed by atoms with Crippen LogP contribution in [-0.2, 0) is 5.67 Å². The molecule has 0 fully saturated rings. The normalized spacial score (nSPS) is 17.9. The maximum absolute atomic E-state index is 15.7. The summed E-state index contributed by atoms with van der Waals surface area (Å²) in [6.07, 6.45) is 0. The highest BCUT2D eigenvalue weighted by Crippen LogP contribution is 2.56. The Kier molecular flexibility index (Phi) is 4.62. The molecule has 1 aromatic carbocycles. The van der Waals surface area contributed by atoms with Crippen LogP contribution in [0.4, 0.5) is 13.2 Å². The molecule has 2 atom stereocenters. The van der Waals surface area contributed by atoms with Crippen molar-refractivity contribution in [3.8, 4) is 0 Å². The van der Waals surface area contributed by atoms with Crippen molar-refractivity contribution in [1.82, 2.24) is 0 Å². The van der Waals surface area contributed by atoms with Gasteiger partial charge in [-0.15, -0.1) is 0 Å². The van der Waals surface area contributed by atoms with Gasteiger partial charge in [0.1, 0.15) is 0 Å². The molecule has 0 nitrogen and oxygen atoms in total. The average molecular weight is 286 g/mol. The zero-order valence-corrected chi connectivity index (χ0v) is 13.2. The lowest BCUT2D eigenvalue weighted by atomic mass is 9.65. The van der Waals surface area contributed by atoms with Gasteiger partial charge in [0.15, 0.2) is 0 Å². The molecule has 0 aliphatic heterocycles. The number of alkyl halides is 3. The molecule has 0 aromatic heterocycles. The molecule has 0 bridgehead atoms. The third-order valence-corrected chi connectivity index (χ3v) is 4.24. The molecular formula is C17H25F3. The fourth-order valence-electron chi connectivity index (χ4n) is 2.53. The van der Waals surface area contributed by atoms with Gasteiger partial charge in [0.25, 0.3) is 5.92 Å². The van der Waals surface area contributed by atoms with E-state index in [4.69, 9.17) is 0 Å². The van der Waals surface area contributed by atoms with Crippen molar-refractivity contribution >= 4 is 0 Å². The van der Waals surface area contributed by atoms with E-state index in [9.17, 15) is 8.78 Å². The molecule has 2 unspecified atom stereocenters. The van der Waals surface area contributed by atoms with Crippen molar-refractivity contribution in [2.45, 2.75) is 53.1 Å². The van der Waals surface area contributed by atoms with Crippen LogP contribution in [0.3, 0.4) is 0 Å². The monoisotopic (exact) mass is 286 g/mol. The number of benzene rings is 1. The average Bonchev–Trinajstić information content (AvgIpc) is 2.36. The Hall–Kier alpha value is -0.990. The Labute approximate surface area is 120 Å². The first-order valence-corrected chi connectivity index (χ1v) is 7.08. The maximum Gasteiger partial charge on any atom is 0.288 e. The van der Waals surface area contributed by atoms with Gasteiger partial charge in [0.05, 0.1) is 0 Å². The molecule has 0 saturated carbocycles. The molecule has 0 aliphatic rings. The summed E-state index contributed by atoms with van der Waals surface area (Å²) in [7, 11) is 0. The van der Waals surface area contributed by atoms with Gasteiger partial charge in [-0.1, -0.05) is 71.9 Å². The highest BCUT2D eigenvalue weighted by molar-refractivity contribution is 5.28. The van der Waals surface area contributed by atoms with E-state index in [0.29, 0.717) is 0 Å². The Bertz CT molecular complexity index is 431. The fourth-order valence-corrected chi connectivity index (χ4v) is 2.53. The molecule has 0 saturated heterocycles. The second kappa shape index (κ2) is 5.42. The molecule has 0 N–H and O–H groups in total. The quantitative estimate of drug-likeness (QED) is 0.653. The Balaban J connectivity index is 3.49. The van der Waals surface area contributed by atoms with Crippen molar-refractivity contribution in [3.63, 3.8) is 0 Å². The van der Waals surface area contributed by atoms with Gasteiger partial charge < -0.3 is 0 Å². The predicted molar refractivity (Wildman–Crippen MR) is 77.6 cm³/mol. The standard InChI is InChI=1S/C17H25F3/c1-12(2)13(3)17(19,20)16(18,15(4,5)6)14-10-8-7-9-11-14/h7-13H,1-6H3. The van der Waals surface area contributed by atoms with Gasteiger partial charge in [-0.2, -0.15) is 0 Å². The summed E-state index contributed by atoms with van der Waals surface area (Å²) in [4.78, 5) is 0. The third kappa shape index (κ3) is 2.59. The van der Waals surface area contributed by atoms with Gasteiger partial charge in [0, 0.05) is 11.3 Å². The smallest absolute Gasteiger partial charge is 0.231 e. The van der Waals surface area contributed by atoms with E-state index in [0.717, 1.165) is 0 Å². The number of hydrogen-bond donors (Lipinski definition) is 0. The molecule has 114 valence electrons. The minimum atomic E-state index is -3.44. The Morgan fingerprint density at radius 2 is 1.30 bits per heavy atom. The molecule has 0 amide bonds. The molecule has 0 aliphatic carbocycles. The van der Waals surface area contributed by atoms with E-state index in [2.05, 4.69) is 0 Å². The summed E-state index contributed by atoms with van der Waals surface area (Å²) in [6.45, 7) is 9.41. The largest absolute Gasteiger partial charge is 0.288 e. The van der Waals surface area contributed by atoms with Crippen molar-refractivity contribution in [3.05, 3.63) is 35.9 Å². The van der Waals surface area contributed by atoms with E-state index in [1.165, 1.54) is 39.8 Å². The summed E-state index contributed by atoms with van der Waals surface area (Å²) in [5.41, 5.74) is -3.86. The summed E-state index contributed by atoms with van der Waals surface area (Å²) in [5.74, 6) is -4.79. The fraction of sp³-hybridized carbons (Fsp3) is 0.647. The third-order valence-electron chi connectivity index (χ3n) is 4.24. The predicted octanol–water partition coefficient (Wildman–Crippen LogP) is 5.82. The minimum Gasteiger partial charge on any atom is -0.231 e. The maximum atomic E-state index is 15.7. The van der Waals surface area contributed by atoms with Crippen LogP contribution in [0.25, 0.3) is 0 Å². The summed E-state index contributed by atoms with van der Waals surface area (Å²) in [5, 5.41) is 0. The van der Waals surface area contributed by atoms with Gasteiger partial charge in [0.2, 0.25) is 5.67 Å². The van der Waals surface area contributed by atoms with Crippen LogP contribution in [0, 0.1) is 17.3 Å². The van der Waals surface area contributed by atoms with Gasteiger partial charge in [-0.3, -0.25) is 0 Å². The second-order valence-corrected chi connectivity index (χ2v) is 6.93. The lowest BCUT2D eigenvalue weighted by Gasteiger charge is -2.46. The Morgan fingerprint density at radius 1 is 0.850 bits per heavy atom. The van der Waals surface area contributed by atoms with Crippen LogP contribution < -0.4 is 0 Å². The van der Waals surface area contributed by atoms with Crippen molar-refractivity contribution in [2.24, 2.45) is 17.3 Å². The molecule has 0 heterocycles. The zero-order valence-electron chi connectivity index (χ0n) is 13.2. The van der Waals surface area contributed by atoms with Crippen molar-refractivity contribution in [1.29, 1.82) is 0 Å². The van der Waals surface area contributed by atoms with E-state index < -0.39 is 22.9 Å². The number of hydrogen-bond acceptors (Lipinski definition) is 0. The first-order chi connectivity index (χ1) is 8.96. The molecular weight excluding hydrogens is 261 g/mol. The van der Waals surface area contributed by atoms with Crippen LogP contribution in [0.1, 0.15) is 47.1 Å². The van der Waals surface area contributed by atoms with E-state index >= 15 is 4.39 Å². The summed E-state index contributed by atoms with van der Waals surface area (Å²) in [6, 6.07) is 7.81. The van der Waals surface area contributed by atoms with Crippen LogP contribution >= 0.6 is 0 Å². The van der Waals surface area contributed by atoms with Crippen molar-refractivity contribution in [2.75, 3.05) is 0 Å². The van der Waals surface area contributed by atoms with Crippen LogP contribution in [0.15, 0.2) is 30.3 Å². The van der Waals surface area contributed by atoms with Crippen LogP contribution in [0.2, 0.25) is 0 Å². The zero-order chi connectivity index (χ0) is 15.8. The molecule has 1 rings (SSSR count). The minimum absolute atomic E-state index is 0.0463. The van der Waals surface area contributed by atoms with Gasteiger partial charge >= 0.3 is 0 Å². The summed E-state index contributed by atoms with van der Waals surface area (Å²) < 4.78 is 45.5. The highest BCUT2D eigenvalue weighted by Gasteiger charge is 2.64.